The van der Waals surface area contributed by atoms with E-state index in [2.05, 4.69) is 11.7 Å². The fraction of sp³-hybridized carbons (Fsp3) is 0. The molecule has 0 saturated heterocycles. The van der Waals surface area contributed by atoms with Gasteiger partial charge in [0.2, 0.25) is 0 Å². The second-order valence-electron chi connectivity index (χ2n) is 0. The maximum absolute atomic E-state index is 4.00. The molecule has 0 bridgehead atoms. The van der Waals surface area contributed by atoms with Crippen LogP contribution in [0.2, 0.25) is 0 Å². The van der Waals surface area contributed by atoms with E-state index in [9.17, 15) is 0 Å². The van der Waals surface area contributed by atoms with Crippen molar-refractivity contribution in [1.29, 1.82) is 0 Å². The summed E-state index contributed by atoms with van der Waals surface area (Å²) in [7, 11) is 0. The zero-order valence-electron chi connectivity index (χ0n) is 1.65. The normalized spacial score (nSPS) is 1.50. The third kappa shape index (κ3) is 10.4. The van der Waals surface area contributed by atoms with Gasteiger partial charge in [0.05, 0.1) is 0 Å². The molecule has 0 aromatic heterocycles. The van der Waals surface area contributed by atoms with Crippen LogP contribution < -0.4 is 11.7 Å². The fourth-order valence-electron chi connectivity index (χ4n) is 0. The maximum atomic E-state index is 4.00. The number of nitrogens with two attached hydrogens (primary N) is 2. The third-order valence-corrected chi connectivity index (χ3v) is 0. The van der Waals surface area contributed by atoms with Gasteiger partial charge in [-0.1, -0.05) is 0 Å². The first-order valence-electron chi connectivity index (χ1n) is 0.333. The SMILES string of the molecule is NN.S.[NaH]. The van der Waals surface area contributed by atoms with E-state index in [0.717, 1.165) is 0 Å². The third-order valence-electron chi connectivity index (χ3n) is 0. The summed E-state index contributed by atoms with van der Waals surface area (Å²) < 4.78 is 0. The van der Waals surface area contributed by atoms with Gasteiger partial charge in [0.15, 0.2) is 0 Å². The van der Waals surface area contributed by atoms with Crippen LogP contribution in [0.3, 0.4) is 0 Å². The van der Waals surface area contributed by atoms with E-state index in [-0.39, 0.29) is 43.1 Å². The van der Waals surface area contributed by atoms with Gasteiger partial charge in [0.1, 0.15) is 0 Å². The molecule has 0 atom stereocenters. The quantitative estimate of drug-likeness (QED) is 0.211. The van der Waals surface area contributed by atoms with Gasteiger partial charge < -0.3 is 0 Å². The molecular formula is H7N2NaS. The average molecular weight is 90.1 g/mol. The Bertz CT molecular complexity index is 6.00. The minimum atomic E-state index is 0. The van der Waals surface area contributed by atoms with Crippen LogP contribution in [0.1, 0.15) is 0 Å². The van der Waals surface area contributed by atoms with E-state index in [4.69, 9.17) is 0 Å². The first kappa shape index (κ1) is 18.6. The van der Waals surface area contributed by atoms with E-state index >= 15 is 0 Å². The molecule has 2 nitrogen and oxygen atoms in total. The zero-order valence-corrected chi connectivity index (χ0v) is 2.65. The van der Waals surface area contributed by atoms with E-state index in [1.54, 1.807) is 0 Å². The molecule has 0 radical (unpaired) electrons. The van der Waals surface area contributed by atoms with Crippen LogP contribution in [0.25, 0.3) is 0 Å². The van der Waals surface area contributed by atoms with Crippen molar-refractivity contribution in [3.05, 3.63) is 0 Å². The standard InChI is InChI=1S/H4N2.Na.H2S.H/c1-2;;;/h1-2H2;;1H2;. The molecule has 4 heavy (non-hydrogen) atoms. The summed E-state index contributed by atoms with van der Waals surface area (Å²) in [6.07, 6.45) is 0. The number of hydrazine groups is 1. The molecule has 24 valence electrons. The zero-order chi connectivity index (χ0) is 2.00. The van der Waals surface area contributed by atoms with Crippen molar-refractivity contribution in [2.24, 2.45) is 11.7 Å². The van der Waals surface area contributed by atoms with Crippen LogP contribution in [-0.2, 0) is 0 Å². The van der Waals surface area contributed by atoms with E-state index < -0.39 is 0 Å². The van der Waals surface area contributed by atoms with Crippen molar-refractivity contribution in [2.45, 2.75) is 0 Å². The Kier molecular flexibility index (Phi) is 132. The monoisotopic (exact) mass is 90.0 g/mol. The molecule has 0 unspecified atom stereocenters. The molecular weight excluding hydrogens is 83.1 g/mol. The van der Waals surface area contributed by atoms with Gasteiger partial charge in [-0.25, -0.2) is 0 Å². The molecule has 0 rings (SSSR count). The molecule has 0 aromatic carbocycles. The summed E-state index contributed by atoms with van der Waals surface area (Å²) >= 11 is 0. The van der Waals surface area contributed by atoms with Gasteiger partial charge in [-0.2, -0.15) is 13.5 Å². The molecule has 4 N–H and O–H groups in total. The average Bonchev–Trinajstić information content (AvgIpc) is 1.00. The molecule has 0 heterocycles. The first-order valence-corrected chi connectivity index (χ1v) is 0.333. The number of hydrogen-bond acceptors (Lipinski definition) is 2. The van der Waals surface area contributed by atoms with Gasteiger partial charge in [0.25, 0.3) is 0 Å². The summed E-state index contributed by atoms with van der Waals surface area (Å²) in [6.45, 7) is 0. The first-order chi connectivity index (χ1) is 1.00. The Morgan fingerprint density at radius 1 is 1.00 bits per heavy atom. The second kappa shape index (κ2) is 28.3. The molecule has 0 aliphatic rings. The van der Waals surface area contributed by atoms with Crippen LogP contribution in [0, 0.1) is 0 Å². The van der Waals surface area contributed by atoms with Gasteiger partial charge >= 0.3 is 29.6 Å². The van der Waals surface area contributed by atoms with Gasteiger partial charge in [-0.3, -0.25) is 11.7 Å². The van der Waals surface area contributed by atoms with Crippen molar-refractivity contribution in [1.82, 2.24) is 0 Å². The molecule has 0 aromatic rings. The molecule has 0 saturated carbocycles. The van der Waals surface area contributed by atoms with Crippen molar-refractivity contribution in [2.75, 3.05) is 0 Å². The summed E-state index contributed by atoms with van der Waals surface area (Å²) in [5.74, 6) is 8.00. The van der Waals surface area contributed by atoms with Crippen LogP contribution in [-0.4, -0.2) is 29.6 Å². The van der Waals surface area contributed by atoms with Crippen LogP contribution in [0.5, 0.6) is 0 Å². The number of hydrogen-bond donors (Lipinski definition) is 2. The van der Waals surface area contributed by atoms with Crippen molar-refractivity contribution in [3.63, 3.8) is 0 Å². The van der Waals surface area contributed by atoms with Crippen molar-refractivity contribution < 1.29 is 0 Å². The topological polar surface area (TPSA) is 52.0 Å². The Hall–Kier alpha value is 1.27. The molecule has 0 fully saturated rings. The molecule has 4 heteroatoms. The summed E-state index contributed by atoms with van der Waals surface area (Å²) in [4.78, 5) is 0. The fourth-order valence-corrected chi connectivity index (χ4v) is 0. The Labute approximate surface area is 54.6 Å². The van der Waals surface area contributed by atoms with Gasteiger partial charge in [-0.05, 0) is 0 Å². The molecule has 0 aliphatic carbocycles. The predicted molar refractivity (Wildman–Crippen MR) is 25.9 cm³/mol. The number of rotatable bonds is 0. The molecule has 0 amide bonds. The summed E-state index contributed by atoms with van der Waals surface area (Å²) in [5, 5.41) is 0. The van der Waals surface area contributed by atoms with Crippen LogP contribution in [0.4, 0.5) is 0 Å². The van der Waals surface area contributed by atoms with Gasteiger partial charge in [0, 0.05) is 0 Å². The van der Waals surface area contributed by atoms with E-state index in [0.29, 0.717) is 0 Å². The van der Waals surface area contributed by atoms with Gasteiger partial charge in [-0.15, -0.1) is 0 Å². The van der Waals surface area contributed by atoms with Crippen LogP contribution in [0.15, 0.2) is 0 Å². The predicted octanol–water partition coefficient (Wildman–Crippen LogP) is -1.72. The summed E-state index contributed by atoms with van der Waals surface area (Å²) in [5.41, 5.74) is 0. The van der Waals surface area contributed by atoms with E-state index in [1.807, 2.05) is 0 Å². The molecule has 0 aliphatic heterocycles. The van der Waals surface area contributed by atoms with Crippen molar-refractivity contribution >= 4 is 43.1 Å². The Morgan fingerprint density at radius 3 is 1.00 bits per heavy atom. The van der Waals surface area contributed by atoms with Crippen molar-refractivity contribution in [3.8, 4) is 0 Å². The molecule has 0 spiro atoms. The summed E-state index contributed by atoms with van der Waals surface area (Å²) in [6, 6.07) is 0. The minimum absolute atomic E-state index is 0. The van der Waals surface area contributed by atoms with E-state index in [1.165, 1.54) is 0 Å². The Morgan fingerprint density at radius 2 is 1.00 bits per heavy atom. The van der Waals surface area contributed by atoms with Crippen LogP contribution >= 0.6 is 13.5 Å². The Balaban J connectivity index is -0.00000000500. The second-order valence-corrected chi connectivity index (χ2v) is 0.